The smallest absolute Gasteiger partial charge is 0.165 e. The fourth-order valence-corrected chi connectivity index (χ4v) is 15.2. The second kappa shape index (κ2) is 36.3. The number of fused-ring (bicyclic) bond motifs is 3. The number of rotatable bonds is 8. The summed E-state index contributed by atoms with van der Waals surface area (Å²) in [5.74, 6) is -2.84. The molecule has 0 bridgehead atoms. The Hall–Kier alpha value is -8.62. The molecular weight excluding hydrogens is 1240 g/mol. The van der Waals surface area contributed by atoms with Crippen molar-refractivity contribution in [1.82, 2.24) is 4.98 Å². The average Bonchev–Trinajstić information content (AvgIpc) is 0.742. The third-order valence-electron chi connectivity index (χ3n) is 17.9. The van der Waals surface area contributed by atoms with Gasteiger partial charge in [-0.15, -0.1) is 0 Å². The lowest BCUT2D eigenvalue weighted by molar-refractivity contribution is 0.425. The number of para-hydroxylation sites is 1. The first kappa shape index (κ1) is 76.7. The van der Waals surface area contributed by atoms with Crippen LogP contribution in [0.15, 0.2) is 252 Å². The van der Waals surface area contributed by atoms with E-state index in [1.807, 2.05) is 23.9 Å². The van der Waals surface area contributed by atoms with Gasteiger partial charge in [0.05, 0.1) is 14.3 Å². The van der Waals surface area contributed by atoms with Crippen LogP contribution in [0.4, 0.5) is 17.6 Å². The predicted molar refractivity (Wildman–Crippen MR) is 422 cm³/mol. The predicted octanol–water partition coefficient (Wildman–Crippen LogP) is 26.1. The minimum atomic E-state index is -1.31. The first-order valence-corrected chi connectivity index (χ1v) is 37.5. The summed E-state index contributed by atoms with van der Waals surface area (Å²) in [5, 5.41) is 12.5. The summed E-state index contributed by atoms with van der Waals surface area (Å²) in [7, 11) is -0.919. The monoisotopic (exact) mass is 1340 g/mol. The van der Waals surface area contributed by atoms with Gasteiger partial charge in [-0.25, -0.2) is 17.6 Å². The van der Waals surface area contributed by atoms with Crippen LogP contribution >= 0.6 is 11.8 Å². The molecule has 0 saturated carbocycles. The Morgan fingerprint density at radius 3 is 1.32 bits per heavy atom. The molecule has 14 rings (SSSR count). The van der Waals surface area contributed by atoms with Crippen molar-refractivity contribution in [2.24, 2.45) is 0 Å². The Kier molecular flexibility index (Phi) is 28.4. The molecule has 98 heavy (non-hydrogen) atoms. The van der Waals surface area contributed by atoms with E-state index < -0.39 is 49.1 Å². The van der Waals surface area contributed by atoms with Gasteiger partial charge in [-0.2, -0.15) is 0 Å². The van der Waals surface area contributed by atoms with Crippen LogP contribution in [0, 0.1) is 44.0 Å². The highest BCUT2D eigenvalue weighted by atomic mass is 32.2. The lowest BCUT2D eigenvalue weighted by Gasteiger charge is -2.22. The van der Waals surface area contributed by atoms with Crippen molar-refractivity contribution < 1.29 is 17.6 Å². The zero-order chi connectivity index (χ0) is 70.0. The van der Waals surface area contributed by atoms with Crippen molar-refractivity contribution in [3.63, 3.8) is 0 Å². The first-order chi connectivity index (χ1) is 46.4. The molecule has 1 aromatic heterocycles. The number of hydrogen-bond donors (Lipinski definition) is 0. The Morgan fingerprint density at radius 1 is 0.367 bits per heavy atom. The minimum Gasteiger partial charge on any atom is -0.253 e. The normalized spacial score (nSPS) is 11.3. The van der Waals surface area contributed by atoms with Gasteiger partial charge in [-0.1, -0.05) is 355 Å². The maximum atomic E-state index is 13.2. The van der Waals surface area contributed by atoms with Crippen LogP contribution < -0.4 is 10.4 Å². The molecule has 0 aliphatic carbocycles. The second-order valence-corrected chi connectivity index (χ2v) is 31.1. The van der Waals surface area contributed by atoms with Crippen molar-refractivity contribution in [3.05, 3.63) is 327 Å². The van der Waals surface area contributed by atoms with Crippen LogP contribution in [0.2, 0.25) is 6.55 Å². The molecule has 1 aliphatic heterocycles. The lowest BCUT2D eigenvalue weighted by atomic mass is 9.89. The van der Waals surface area contributed by atoms with Crippen LogP contribution in [0.25, 0.3) is 43.2 Å². The van der Waals surface area contributed by atoms with Crippen LogP contribution in [-0.2, 0) is 6.42 Å². The molecule has 0 amide bonds. The van der Waals surface area contributed by atoms with Crippen LogP contribution in [-0.4, -0.2) is 13.8 Å². The van der Waals surface area contributed by atoms with Gasteiger partial charge < -0.3 is 0 Å². The fourth-order valence-electron chi connectivity index (χ4n) is 11.9. The van der Waals surface area contributed by atoms with Gasteiger partial charge in [-0.3, -0.25) is 4.98 Å². The molecule has 0 N–H and O–H groups in total. The van der Waals surface area contributed by atoms with Gasteiger partial charge in [0.2, 0.25) is 0 Å². The van der Waals surface area contributed by atoms with E-state index in [1.54, 1.807) is 0 Å². The molecule has 2 heterocycles. The Morgan fingerprint density at radius 2 is 0.806 bits per heavy atom. The molecule has 0 unspecified atom stereocenters. The largest absolute Gasteiger partial charge is 0.253 e. The molecule has 0 saturated heterocycles. The Labute approximate surface area is 589 Å². The van der Waals surface area contributed by atoms with Crippen LogP contribution in [0.3, 0.4) is 0 Å². The standard InChI is InChI=1S/C19H16.C16H16S.C13H14Si.C12H13N.C10H10F4.2C10H14.CH4/c1-12(2)16-10-8-15-7-6-13-4-3-5-14-9-11-17(16)19(15)18(13)14;1-11(2)14-8-5-7-13-10-12-6-3-4-9-15(12)17-16(13)14;1-14(12-8-4-2-5-9-12)13-10-6-3-7-11-13;1-9(2)11-8-7-10-5-3-4-6-12(10)13-11;1-4(2)6-9(13)7(11)5(3)8(12)10(6)14;2*1-8(2)10-6-4-9(3)5-7-10;/h3-12H,1-2H3;3-9,11H,10H2,1-2H3;2-11,14H,1H3;3-9H,1-2H3;4H,1-3H3;2*4-8H,1-3H3;1H4. The highest BCUT2D eigenvalue weighted by molar-refractivity contribution is 7.99. The van der Waals surface area contributed by atoms with E-state index in [1.165, 1.54) is 122 Å². The first-order valence-electron chi connectivity index (χ1n) is 34.4. The van der Waals surface area contributed by atoms with Crippen molar-refractivity contribution in [3.8, 4) is 0 Å². The summed E-state index contributed by atoms with van der Waals surface area (Å²) in [5.41, 5.74) is 12.5. The molecular formula is C91H101F4NSSi. The molecule has 0 fully saturated rings. The number of hydrogen-bond acceptors (Lipinski definition) is 2. The van der Waals surface area contributed by atoms with Crippen molar-refractivity contribution >= 4 is 74.2 Å². The SMILES string of the molecule is C.CC(C)c1ccc2ccc3cccc4ccc1c2c34.CC(C)c1ccc2ccccc2n1.CC(C)c1cccc2c1Sc1ccccc1C2.C[SiH](c1ccccc1)c1ccccc1.Cc1c(F)c(F)c(C(C)C)c(F)c1F.Cc1ccc(C(C)C)cc1.Cc1ccc(C(C)C)cc1. The summed E-state index contributed by atoms with van der Waals surface area (Å²) in [4.78, 5) is 7.49. The molecule has 1 aliphatic rings. The van der Waals surface area contributed by atoms with E-state index >= 15 is 0 Å². The fraction of sp³-hybridized carbons (Fsp3) is 0.264. The van der Waals surface area contributed by atoms with E-state index in [-0.39, 0.29) is 7.43 Å². The van der Waals surface area contributed by atoms with Gasteiger partial charge in [-0.05, 0) is 147 Å². The molecule has 13 aromatic rings. The molecule has 0 atom stereocenters. The quantitative estimate of drug-likeness (QED) is 0.0651. The third kappa shape index (κ3) is 19.8. The van der Waals surface area contributed by atoms with E-state index in [4.69, 9.17) is 0 Å². The van der Waals surface area contributed by atoms with Crippen LogP contribution in [0.1, 0.15) is 187 Å². The summed E-state index contributed by atoms with van der Waals surface area (Å²) < 4.78 is 52.4. The summed E-state index contributed by atoms with van der Waals surface area (Å²) in [6.45, 7) is 32.8. The van der Waals surface area contributed by atoms with Crippen molar-refractivity contribution in [1.29, 1.82) is 0 Å². The number of aryl methyl sites for hydroxylation is 2. The lowest BCUT2D eigenvalue weighted by Crippen LogP contribution is -2.38. The van der Waals surface area contributed by atoms with Gasteiger partial charge in [0.25, 0.3) is 0 Å². The summed E-state index contributed by atoms with van der Waals surface area (Å²) in [6.07, 6.45) is 1.08. The number of nitrogens with zero attached hydrogens (tertiary/aromatic N) is 1. The molecule has 508 valence electrons. The molecule has 0 radical (unpaired) electrons. The van der Waals surface area contributed by atoms with Gasteiger partial charge in [0.1, 0.15) is 0 Å². The zero-order valence-corrected chi connectivity index (χ0v) is 61.7. The van der Waals surface area contributed by atoms with Gasteiger partial charge in [0, 0.05) is 32.0 Å². The van der Waals surface area contributed by atoms with Gasteiger partial charge >= 0.3 is 0 Å². The zero-order valence-electron chi connectivity index (χ0n) is 59.7. The van der Waals surface area contributed by atoms with Crippen molar-refractivity contribution in [2.75, 3.05) is 0 Å². The second-order valence-electron chi connectivity index (χ2n) is 27.2. The summed E-state index contributed by atoms with van der Waals surface area (Å²) in [6, 6.07) is 87.1. The maximum absolute atomic E-state index is 13.2. The highest BCUT2D eigenvalue weighted by Gasteiger charge is 2.25. The molecule has 1 nitrogen and oxygen atoms in total. The number of halogens is 4. The number of pyridine rings is 1. The highest BCUT2D eigenvalue weighted by Crippen LogP contribution is 2.43. The Bertz CT molecular complexity index is 4480. The molecule has 7 heteroatoms. The average molecular weight is 1340 g/mol. The van der Waals surface area contributed by atoms with E-state index in [0.717, 1.165) is 18.9 Å². The summed E-state index contributed by atoms with van der Waals surface area (Å²) >= 11 is 1.94. The number of aromatic nitrogens is 1. The van der Waals surface area contributed by atoms with Gasteiger partial charge in [0.15, 0.2) is 23.3 Å². The van der Waals surface area contributed by atoms with E-state index in [0.29, 0.717) is 29.6 Å². The number of benzene rings is 12. The molecule has 12 aromatic carbocycles. The maximum Gasteiger partial charge on any atom is 0.165 e. The van der Waals surface area contributed by atoms with E-state index in [9.17, 15) is 17.6 Å². The van der Waals surface area contributed by atoms with Crippen molar-refractivity contribution in [2.45, 2.75) is 170 Å². The minimum absolute atomic E-state index is 0. The van der Waals surface area contributed by atoms with E-state index in [2.05, 4.69) is 325 Å². The van der Waals surface area contributed by atoms with Crippen LogP contribution in [0.5, 0.6) is 0 Å². The third-order valence-corrected chi connectivity index (χ3v) is 22.0. The molecule has 0 spiro atoms. The topological polar surface area (TPSA) is 12.9 Å². The Balaban J connectivity index is 0.000000163.